The van der Waals surface area contributed by atoms with E-state index in [0.29, 0.717) is 11.5 Å². The summed E-state index contributed by atoms with van der Waals surface area (Å²) < 4.78 is 6.10. The van der Waals surface area contributed by atoms with Crippen molar-refractivity contribution >= 4 is 5.97 Å². The van der Waals surface area contributed by atoms with E-state index in [1.54, 1.807) is 0 Å². The molecular formula is C29H50O2. The van der Waals surface area contributed by atoms with Crippen LogP contribution in [0.2, 0.25) is 0 Å². The van der Waals surface area contributed by atoms with Crippen molar-refractivity contribution in [3.63, 3.8) is 0 Å². The highest BCUT2D eigenvalue weighted by Crippen LogP contribution is 2.43. The van der Waals surface area contributed by atoms with Crippen LogP contribution in [0.5, 0.6) is 0 Å². The van der Waals surface area contributed by atoms with Crippen molar-refractivity contribution in [2.75, 3.05) is 0 Å². The highest BCUT2D eigenvalue weighted by atomic mass is 16.6. The van der Waals surface area contributed by atoms with Gasteiger partial charge in [0.1, 0.15) is 5.60 Å². The zero-order valence-corrected chi connectivity index (χ0v) is 22.1. The molecule has 1 aliphatic rings. The predicted molar refractivity (Wildman–Crippen MR) is 135 cm³/mol. The molecule has 1 aliphatic carbocycles. The summed E-state index contributed by atoms with van der Waals surface area (Å²) in [6.45, 7) is 20.3. The number of esters is 1. The van der Waals surface area contributed by atoms with Crippen LogP contribution in [0.15, 0.2) is 24.3 Å². The Morgan fingerprint density at radius 3 is 2.00 bits per heavy atom. The third kappa shape index (κ3) is 9.38. The summed E-state index contributed by atoms with van der Waals surface area (Å²) in [5.74, 6) is 0.254. The average molecular weight is 431 g/mol. The zero-order valence-electron chi connectivity index (χ0n) is 22.1. The fraction of sp³-hybridized carbons (Fsp3) is 0.759. The normalized spacial score (nSPS) is 17.3. The van der Waals surface area contributed by atoms with Gasteiger partial charge in [0.15, 0.2) is 0 Å². The highest BCUT2D eigenvalue weighted by molar-refractivity contribution is 5.90. The molecule has 0 spiro atoms. The van der Waals surface area contributed by atoms with Crippen LogP contribution < -0.4 is 0 Å². The van der Waals surface area contributed by atoms with Gasteiger partial charge in [-0.1, -0.05) is 93.7 Å². The third-order valence-electron chi connectivity index (χ3n) is 6.60. The van der Waals surface area contributed by atoms with Gasteiger partial charge in [-0.2, -0.15) is 0 Å². The van der Waals surface area contributed by atoms with Gasteiger partial charge in [-0.05, 0) is 73.0 Å². The monoisotopic (exact) mass is 430 g/mol. The fourth-order valence-corrected chi connectivity index (χ4v) is 4.40. The van der Waals surface area contributed by atoms with Crippen molar-refractivity contribution < 1.29 is 9.53 Å². The Morgan fingerprint density at radius 2 is 1.55 bits per heavy atom. The van der Waals surface area contributed by atoms with E-state index in [1.165, 1.54) is 37.7 Å². The zero-order chi connectivity index (χ0) is 23.7. The first-order chi connectivity index (χ1) is 14.4. The van der Waals surface area contributed by atoms with Crippen molar-refractivity contribution in [1.82, 2.24) is 0 Å². The number of carbonyl (C=O) groups excluding carboxylic acids is 1. The van der Waals surface area contributed by atoms with Gasteiger partial charge in [0, 0.05) is 0 Å². The molecule has 1 fully saturated rings. The maximum Gasteiger partial charge on any atom is 0.338 e. The minimum Gasteiger partial charge on any atom is -0.455 e. The second-order valence-electron chi connectivity index (χ2n) is 11.8. The van der Waals surface area contributed by atoms with E-state index in [-0.39, 0.29) is 22.4 Å². The molecule has 178 valence electrons. The minimum absolute atomic E-state index is 0.143. The largest absolute Gasteiger partial charge is 0.455 e. The Bertz CT molecular complexity index is 652. The SMILES string of the molecule is CCC1(OC(=O)c2cccc(C(CC(C)(C)C)C(C)(C)C)c2)CCCCC1.CCCC. The van der Waals surface area contributed by atoms with Gasteiger partial charge in [0.05, 0.1) is 5.56 Å². The first-order valence-corrected chi connectivity index (χ1v) is 12.7. The van der Waals surface area contributed by atoms with Crippen molar-refractivity contribution in [3.8, 4) is 0 Å². The summed E-state index contributed by atoms with van der Waals surface area (Å²) >= 11 is 0. The number of unbranched alkanes of at least 4 members (excludes halogenated alkanes) is 1. The van der Waals surface area contributed by atoms with Gasteiger partial charge in [-0.25, -0.2) is 4.79 Å². The molecule has 2 rings (SSSR count). The van der Waals surface area contributed by atoms with Gasteiger partial charge in [0.2, 0.25) is 0 Å². The Kier molecular flexibility index (Phi) is 10.8. The fourth-order valence-electron chi connectivity index (χ4n) is 4.40. The lowest BCUT2D eigenvalue weighted by molar-refractivity contribution is -0.0397. The standard InChI is InChI=1S/C25H40O2.C4H10/c1-8-25(15-10-9-11-16-25)27-22(26)20-14-12-13-19(17-20)21(24(5,6)7)18-23(2,3)4;1-3-4-2/h12-14,17,21H,8-11,15-16,18H2,1-7H3;3-4H2,1-2H3. The molecule has 1 saturated carbocycles. The molecule has 0 amide bonds. The van der Waals surface area contributed by atoms with E-state index in [4.69, 9.17) is 4.74 Å². The Hall–Kier alpha value is -1.31. The van der Waals surface area contributed by atoms with Crippen molar-refractivity contribution in [3.05, 3.63) is 35.4 Å². The van der Waals surface area contributed by atoms with E-state index < -0.39 is 0 Å². The van der Waals surface area contributed by atoms with Gasteiger partial charge in [-0.3, -0.25) is 0 Å². The molecule has 0 heterocycles. The van der Waals surface area contributed by atoms with Crippen LogP contribution >= 0.6 is 0 Å². The van der Waals surface area contributed by atoms with Crippen LogP contribution in [-0.2, 0) is 4.74 Å². The van der Waals surface area contributed by atoms with Crippen molar-refractivity contribution in [2.45, 2.75) is 132 Å². The van der Waals surface area contributed by atoms with E-state index in [2.05, 4.69) is 74.4 Å². The van der Waals surface area contributed by atoms with Crippen molar-refractivity contribution in [2.24, 2.45) is 10.8 Å². The van der Waals surface area contributed by atoms with Crippen LogP contribution in [0.4, 0.5) is 0 Å². The second-order valence-corrected chi connectivity index (χ2v) is 11.8. The van der Waals surface area contributed by atoms with Gasteiger partial charge in [-0.15, -0.1) is 0 Å². The lowest BCUT2D eigenvalue weighted by Crippen LogP contribution is -2.36. The minimum atomic E-state index is -0.250. The molecule has 0 aromatic heterocycles. The number of hydrogen-bond donors (Lipinski definition) is 0. The molecule has 31 heavy (non-hydrogen) atoms. The van der Waals surface area contributed by atoms with E-state index >= 15 is 0 Å². The van der Waals surface area contributed by atoms with Crippen LogP contribution in [0.1, 0.15) is 142 Å². The summed E-state index contributed by atoms with van der Waals surface area (Å²) in [4.78, 5) is 13.0. The molecule has 0 N–H and O–H groups in total. The number of ether oxygens (including phenoxy) is 1. The van der Waals surface area contributed by atoms with Gasteiger partial charge in [0.25, 0.3) is 0 Å². The molecule has 1 atom stereocenters. The van der Waals surface area contributed by atoms with Gasteiger partial charge < -0.3 is 4.74 Å². The van der Waals surface area contributed by atoms with Crippen LogP contribution in [0.3, 0.4) is 0 Å². The van der Waals surface area contributed by atoms with Gasteiger partial charge >= 0.3 is 5.97 Å². The molecular weight excluding hydrogens is 380 g/mol. The van der Waals surface area contributed by atoms with Crippen molar-refractivity contribution in [1.29, 1.82) is 0 Å². The Balaban J connectivity index is 0.00000110. The maximum atomic E-state index is 13.0. The lowest BCUT2D eigenvalue weighted by atomic mass is 9.69. The number of benzene rings is 1. The third-order valence-corrected chi connectivity index (χ3v) is 6.60. The molecule has 0 bridgehead atoms. The number of rotatable bonds is 6. The second kappa shape index (κ2) is 12.1. The summed E-state index contributed by atoms with van der Waals surface area (Å²) in [5, 5.41) is 0. The Labute approximate surface area is 193 Å². The highest BCUT2D eigenvalue weighted by Gasteiger charge is 2.35. The molecule has 1 unspecified atom stereocenters. The summed E-state index contributed by atoms with van der Waals surface area (Å²) in [5.41, 5.74) is 2.09. The summed E-state index contributed by atoms with van der Waals surface area (Å²) in [6, 6.07) is 8.19. The molecule has 0 radical (unpaired) electrons. The van der Waals surface area contributed by atoms with E-state index in [9.17, 15) is 4.79 Å². The maximum absolute atomic E-state index is 13.0. The van der Waals surface area contributed by atoms with Crippen LogP contribution in [-0.4, -0.2) is 11.6 Å². The Morgan fingerprint density at radius 1 is 0.968 bits per heavy atom. The van der Waals surface area contributed by atoms with Crippen LogP contribution in [0, 0.1) is 10.8 Å². The summed E-state index contributed by atoms with van der Waals surface area (Å²) in [6.07, 6.45) is 10.2. The van der Waals surface area contributed by atoms with Crippen LogP contribution in [0.25, 0.3) is 0 Å². The molecule has 1 aromatic carbocycles. The molecule has 0 aliphatic heterocycles. The average Bonchev–Trinajstić information content (AvgIpc) is 2.71. The smallest absolute Gasteiger partial charge is 0.338 e. The van der Waals surface area contributed by atoms with E-state index in [0.717, 1.165) is 25.7 Å². The molecule has 1 aromatic rings. The molecule has 0 saturated heterocycles. The molecule has 2 heteroatoms. The number of hydrogen-bond acceptors (Lipinski definition) is 2. The number of carbonyl (C=O) groups is 1. The topological polar surface area (TPSA) is 26.3 Å². The predicted octanol–water partition coefficient (Wildman–Crippen LogP) is 9.33. The summed E-state index contributed by atoms with van der Waals surface area (Å²) in [7, 11) is 0. The van der Waals surface area contributed by atoms with E-state index in [1.807, 2.05) is 12.1 Å². The lowest BCUT2D eigenvalue weighted by Gasteiger charge is -2.37. The first-order valence-electron chi connectivity index (χ1n) is 12.7. The molecule has 2 nitrogen and oxygen atoms in total. The first kappa shape index (κ1) is 27.7. The quantitative estimate of drug-likeness (QED) is 0.420.